The third-order valence-electron chi connectivity index (χ3n) is 2.68. The fourth-order valence-corrected chi connectivity index (χ4v) is 2.67. The molecule has 0 radical (unpaired) electrons. The topological polar surface area (TPSA) is 55.2 Å². The second-order valence-corrected chi connectivity index (χ2v) is 5.50. The average Bonchev–Trinajstić information content (AvgIpc) is 2.87. The summed E-state index contributed by atoms with van der Waals surface area (Å²) in [6, 6.07) is 8.71. The van der Waals surface area contributed by atoms with E-state index in [9.17, 15) is 10.1 Å². The van der Waals surface area contributed by atoms with Crippen LogP contribution in [0.3, 0.4) is 0 Å². The summed E-state index contributed by atoms with van der Waals surface area (Å²) in [5, 5.41) is 16.6. The van der Waals surface area contributed by atoms with E-state index in [0.717, 1.165) is 13.0 Å². The standard InChI is InChI=1S/C13H13ClN2O2S/c14-11-3-4-13(16(17)18)10(8-11)9-15-6-5-12-2-1-7-19-12/h1-4,7-8,15H,5-6,9H2. The van der Waals surface area contributed by atoms with Gasteiger partial charge in [-0.3, -0.25) is 10.1 Å². The van der Waals surface area contributed by atoms with Gasteiger partial charge in [-0.15, -0.1) is 11.3 Å². The van der Waals surface area contributed by atoms with Crippen molar-refractivity contribution in [1.29, 1.82) is 0 Å². The first-order chi connectivity index (χ1) is 9.16. The summed E-state index contributed by atoms with van der Waals surface area (Å²) in [6.45, 7) is 1.23. The summed E-state index contributed by atoms with van der Waals surface area (Å²) in [4.78, 5) is 11.8. The second-order valence-electron chi connectivity index (χ2n) is 4.04. The van der Waals surface area contributed by atoms with Crippen LogP contribution in [0, 0.1) is 10.1 Å². The molecule has 0 bridgehead atoms. The molecule has 100 valence electrons. The number of nitro benzene ring substituents is 1. The molecular formula is C13H13ClN2O2S. The number of rotatable bonds is 6. The van der Waals surface area contributed by atoms with Gasteiger partial charge < -0.3 is 5.32 Å². The molecule has 2 rings (SSSR count). The van der Waals surface area contributed by atoms with Gasteiger partial charge in [0.05, 0.1) is 4.92 Å². The van der Waals surface area contributed by atoms with Crippen molar-refractivity contribution in [2.75, 3.05) is 6.54 Å². The van der Waals surface area contributed by atoms with Crippen LogP contribution in [0.2, 0.25) is 5.02 Å². The second kappa shape index (κ2) is 6.65. The van der Waals surface area contributed by atoms with Crippen molar-refractivity contribution >= 4 is 28.6 Å². The summed E-state index contributed by atoms with van der Waals surface area (Å²) in [6.07, 6.45) is 0.923. The minimum absolute atomic E-state index is 0.105. The number of benzene rings is 1. The van der Waals surface area contributed by atoms with Gasteiger partial charge in [0, 0.05) is 34.6 Å². The highest BCUT2D eigenvalue weighted by atomic mass is 35.5. The molecule has 0 saturated heterocycles. The number of nitro groups is 1. The Labute approximate surface area is 120 Å². The summed E-state index contributed by atoms with van der Waals surface area (Å²) >= 11 is 7.58. The minimum Gasteiger partial charge on any atom is -0.312 e. The quantitative estimate of drug-likeness (QED) is 0.503. The van der Waals surface area contributed by atoms with E-state index in [0.29, 0.717) is 17.1 Å². The van der Waals surface area contributed by atoms with Crippen LogP contribution >= 0.6 is 22.9 Å². The first kappa shape index (κ1) is 14.0. The van der Waals surface area contributed by atoms with E-state index >= 15 is 0 Å². The molecule has 1 heterocycles. The van der Waals surface area contributed by atoms with E-state index < -0.39 is 0 Å². The lowest BCUT2D eigenvalue weighted by Gasteiger charge is -2.05. The lowest BCUT2D eigenvalue weighted by molar-refractivity contribution is -0.385. The maximum atomic E-state index is 10.9. The fraction of sp³-hybridized carbons (Fsp3) is 0.231. The summed E-state index contributed by atoms with van der Waals surface area (Å²) < 4.78 is 0. The number of hydrogen-bond acceptors (Lipinski definition) is 4. The molecule has 0 aliphatic heterocycles. The van der Waals surface area contributed by atoms with Crippen LogP contribution in [0.5, 0.6) is 0 Å². The lowest BCUT2D eigenvalue weighted by Crippen LogP contribution is -2.17. The number of hydrogen-bond donors (Lipinski definition) is 1. The highest BCUT2D eigenvalue weighted by Gasteiger charge is 2.13. The van der Waals surface area contributed by atoms with Gasteiger partial charge in [-0.25, -0.2) is 0 Å². The lowest BCUT2D eigenvalue weighted by atomic mass is 10.2. The SMILES string of the molecule is O=[N+]([O-])c1ccc(Cl)cc1CNCCc1cccs1. The Morgan fingerprint density at radius 1 is 1.37 bits per heavy atom. The van der Waals surface area contributed by atoms with E-state index in [2.05, 4.69) is 11.4 Å². The van der Waals surface area contributed by atoms with Gasteiger partial charge in [0.15, 0.2) is 0 Å². The van der Waals surface area contributed by atoms with Crippen LogP contribution < -0.4 is 5.32 Å². The molecule has 1 aromatic carbocycles. The van der Waals surface area contributed by atoms with E-state index in [1.165, 1.54) is 17.0 Å². The van der Waals surface area contributed by atoms with E-state index in [-0.39, 0.29) is 10.6 Å². The van der Waals surface area contributed by atoms with Gasteiger partial charge in [-0.1, -0.05) is 17.7 Å². The molecule has 0 amide bonds. The predicted octanol–water partition coefficient (Wildman–Crippen LogP) is 3.64. The maximum absolute atomic E-state index is 10.9. The van der Waals surface area contributed by atoms with Crippen molar-refractivity contribution in [3.8, 4) is 0 Å². The van der Waals surface area contributed by atoms with Crippen LogP contribution in [-0.4, -0.2) is 11.5 Å². The molecule has 0 unspecified atom stereocenters. The number of nitrogens with one attached hydrogen (secondary N) is 1. The third kappa shape index (κ3) is 4.02. The summed E-state index contributed by atoms with van der Waals surface area (Å²) in [7, 11) is 0. The fourth-order valence-electron chi connectivity index (χ4n) is 1.76. The zero-order valence-electron chi connectivity index (χ0n) is 10.1. The minimum atomic E-state index is -0.382. The summed E-state index contributed by atoms with van der Waals surface area (Å²) in [5.74, 6) is 0. The monoisotopic (exact) mass is 296 g/mol. The molecule has 4 nitrogen and oxygen atoms in total. The number of nitrogens with zero attached hydrogens (tertiary/aromatic N) is 1. The van der Waals surface area contributed by atoms with Gasteiger partial charge in [0.1, 0.15) is 0 Å². The molecule has 2 aromatic rings. The van der Waals surface area contributed by atoms with Crippen LogP contribution in [0.25, 0.3) is 0 Å². The number of halogens is 1. The van der Waals surface area contributed by atoms with Gasteiger partial charge in [-0.05, 0) is 30.0 Å². The Morgan fingerprint density at radius 2 is 2.21 bits per heavy atom. The molecule has 1 N–H and O–H groups in total. The van der Waals surface area contributed by atoms with Crippen molar-refractivity contribution in [2.24, 2.45) is 0 Å². The Balaban J connectivity index is 1.91. The van der Waals surface area contributed by atoms with Gasteiger partial charge in [0.2, 0.25) is 0 Å². The van der Waals surface area contributed by atoms with E-state index in [4.69, 9.17) is 11.6 Å². The molecule has 0 atom stereocenters. The van der Waals surface area contributed by atoms with Gasteiger partial charge >= 0.3 is 0 Å². The van der Waals surface area contributed by atoms with Crippen molar-refractivity contribution < 1.29 is 4.92 Å². The smallest absolute Gasteiger partial charge is 0.273 e. The average molecular weight is 297 g/mol. The van der Waals surface area contributed by atoms with Crippen molar-refractivity contribution in [1.82, 2.24) is 5.32 Å². The van der Waals surface area contributed by atoms with Crippen molar-refractivity contribution in [3.05, 3.63) is 61.3 Å². The summed E-state index contributed by atoms with van der Waals surface area (Å²) in [5.41, 5.74) is 0.719. The maximum Gasteiger partial charge on any atom is 0.273 e. The molecule has 0 fully saturated rings. The van der Waals surface area contributed by atoms with Crippen LogP contribution in [-0.2, 0) is 13.0 Å². The Hall–Kier alpha value is -1.43. The molecule has 1 aromatic heterocycles. The molecular weight excluding hydrogens is 284 g/mol. The van der Waals surface area contributed by atoms with Crippen molar-refractivity contribution in [3.63, 3.8) is 0 Å². The van der Waals surface area contributed by atoms with Crippen LogP contribution in [0.15, 0.2) is 35.7 Å². The Morgan fingerprint density at radius 3 is 2.89 bits per heavy atom. The molecule has 0 aliphatic rings. The highest BCUT2D eigenvalue weighted by Crippen LogP contribution is 2.22. The molecule has 0 spiro atoms. The molecule has 19 heavy (non-hydrogen) atoms. The van der Waals surface area contributed by atoms with Crippen LogP contribution in [0.1, 0.15) is 10.4 Å². The normalized spacial score (nSPS) is 10.6. The number of thiophene rings is 1. The highest BCUT2D eigenvalue weighted by molar-refractivity contribution is 7.09. The molecule has 6 heteroatoms. The van der Waals surface area contributed by atoms with Gasteiger partial charge in [-0.2, -0.15) is 0 Å². The van der Waals surface area contributed by atoms with Gasteiger partial charge in [0.25, 0.3) is 5.69 Å². The third-order valence-corrected chi connectivity index (χ3v) is 3.85. The predicted molar refractivity (Wildman–Crippen MR) is 77.8 cm³/mol. The van der Waals surface area contributed by atoms with Crippen molar-refractivity contribution in [2.45, 2.75) is 13.0 Å². The Kier molecular flexibility index (Phi) is 4.90. The first-order valence-corrected chi connectivity index (χ1v) is 7.08. The zero-order chi connectivity index (χ0) is 13.7. The zero-order valence-corrected chi connectivity index (χ0v) is 11.7. The largest absolute Gasteiger partial charge is 0.312 e. The first-order valence-electron chi connectivity index (χ1n) is 5.83. The van der Waals surface area contributed by atoms with E-state index in [1.54, 1.807) is 17.4 Å². The van der Waals surface area contributed by atoms with Crippen LogP contribution in [0.4, 0.5) is 5.69 Å². The Bertz CT molecular complexity index is 558. The van der Waals surface area contributed by atoms with E-state index in [1.807, 2.05) is 11.4 Å². The molecule has 0 aliphatic carbocycles. The molecule has 0 saturated carbocycles.